The van der Waals surface area contributed by atoms with Crippen molar-refractivity contribution in [2.75, 3.05) is 6.54 Å². The molecular formula is C12H12N2O. The largest absolute Gasteiger partial charge is 0.348 e. The van der Waals surface area contributed by atoms with Crippen molar-refractivity contribution in [3.8, 4) is 6.07 Å². The molecule has 1 aromatic carbocycles. The fourth-order valence-electron chi connectivity index (χ4n) is 1.06. The first kappa shape index (κ1) is 11.0. The number of carbonyl (C=O) groups excluding carboxylic acids is 1. The van der Waals surface area contributed by atoms with Gasteiger partial charge in [0, 0.05) is 12.1 Å². The minimum Gasteiger partial charge on any atom is -0.348 e. The number of amides is 1. The second-order valence-electron chi connectivity index (χ2n) is 3.33. The Morgan fingerprint density at radius 1 is 1.60 bits per heavy atom. The third-order valence-corrected chi connectivity index (χ3v) is 1.80. The Bertz CT molecular complexity index is 429. The molecule has 0 aliphatic heterocycles. The zero-order valence-electron chi connectivity index (χ0n) is 8.58. The van der Waals surface area contributed by atoms with Crippen LogP contribution in [0.4, 0.5) is 0 Å². The van der Waals surface area contributed by atoms with Gasteiger partial charge in [-0.05, 0) is 25.1 Å². The van der Waals surface area contributed by atoms with E-state index in [1.165, 1.54) is 0 Å². The van der Waals surface area contributed by atoms with Gasteiger partial charge in [-0.1, -0.05) is 18.2 Å². The van der Waals surface area contributed by atoms with E-state index in [-0.39, 0.29) is 5.91 Å². The highest BCUT2D eigenvalue weighted by atomic mass is 16.1. The Morgan fingerprint density at radius 2 is 2.33 bits per heavy atom. The van der Waals surface area contributed by atoms with Gasteiger partial charge in [0.2, 0.25) is 0 Å². The summed E-state index contributed by atoms with van der Waals surface area (Å²) in [5, 5.41) is 11.4. The molecule has 0 radical (unpaired) electrons. The number of hydrogen-bond donors (Lipinski definition) is 1. The van der Waals surface area contributed by atoms with E-state index in [1.54, 1.807) is 24.3 Å². The van der Waals surface area contributed by atoms with Crippen LogP contribution in [0.1, 0.15) is 22.8 Å². The number of benzene rings is 1. The van der Waals surface area contributed by atoms with E-state index < -0.39 is 0 Å². The molecule has 0 spiro atoms. The van der Waals surface area contributed by atoms with Crippen LogP contribution in [-0.2, 0) is 0 Å². The molecule has 0 saturated carbocycles. The molecule has 0 bridgehead atoms. The van der Waals surface area contributed by atoms with Gasteiger partial charge in [-0.2, -0.15) is 5.26 Å². The third-order valence-electron chi connectivity index (χ3n) is 1.80. The Morgan fingerprint density at radius 3 is 2.93 bits per heavy atom. The van der Waals surface area contributed by atoms with Crippen LogP contribution in [0, 0.1) is 11.3 Å². The molecule has 0 aliphatic rings. The summed E-state index contributed by atoms with van der Waals surface area (Å²) in [4.78, 5) is 11.6. The number of rotatable bonds is 3. The van der Waals surface area contributed by atoms with E-state index in [9.17, 15) is 4.79 Å². The zero-order valence-corrected chi connectivity index (χ0v) is 8.58. The van der Waals surface area contributed by atoms with Gasteiger partial charge in [0.1, 0.15) is 0 Å². The molecule has 0 aromatic heterocycles. The van der Waals surface area contributed by atoms with Crippen molar-refractivity contribution in [2.24, 2.45) is 0 Å². The van der Waals surface area contributed by atoms with Crippen molar-refractivity contribution >= 4 is 5.91 Å². The van der Waals surface area contributed by atoms with E-state index in [0.717, 1.165) is 5.57 Å². The van der Waals surface area contributed by atoms with E-state index in [4.69, 9.17) is 5.26 Å². The van der Waals surface area contributed by atoms with Crippen LogP contribution in [0.15, 0.2) is 36.4 Å². The van der Waals surface area contributed by atoms with Gasteiger partial charge in [0.05, 0.1) is 11.6 Å². The summed E-state index contributed by atoms with van der Waals surface area (Å²) < 4.78 is 0. The molecule has 1 N–H and O–H groups in total. The monoisotopic (exact) mass is 200 g/mol. The minimum absolute atomic E-state index is 0.185. The summed E-state index contributed by atoms with van der Waals surface area (Å²) >= 11 is 0. The predicted molar refractivity (Wildman–Crippen MR) is 58.3 cm³/mol. The van der Waals surface area contributed by atoms with E-state index >= 15 is 0 Å². The van der Waals surface area contributed by atoms with E-state index in [1.807, 2.05) is 13.0 Å². The van der Waals surface area contributed by atoms with E-state index in [2.05, 4.69) is 11.9 Å². The fourth-order valence-corrected chi connectivity index (χ4v) is 1.06. The number of nitrogens with one attached hydrogen (secondary N) is 1. The number of nitrogens with zero attached hydrogens (tertiary/aromatic N) is 1. The zero-order chi connectivity index (χ0) is 11.3. The molecule has 1 rings (SSSR count). The summed E-state index contributed by atoms with van der Waals surface area (Å²) in [6, 6.07) is 8.58. The van der Waals surface area contributed by atoms with Crippen LogP contribution in [0.3, 0.4) is 0 Å². The summed E-state index contributed by atoms with van der Waals surface area (Å²) in [5.41, 5.74) is 1.87. The van der Waals surface area contributed by atoms with Gasteiger partial charge in [0.25, 0.3) is 5.91 Å². The minimum atomic E-state index is -0.185. The summed E-state index contributed by atoms with van der Waals surface area (Å²) in [6.45, 7) is 5.98. The maximum atomic E-state index is 11.6. The molecular weight excluding hydrogens is 188 g/mol. The Hall–Kier alpha value is -2.08. The molecule has 76 valence electrons. The van der Waals surface area contributed by atoms with Crippen molar-refractivity contribution in [3.63, 3.8) is 0 Å². The average molecular weight is 200 g/mol. The average Bonchev–Trinajstić information content (AvgIpc) is 2.26. The predicted octanol–water partition coefficient (Wildman–Crippen LogP) is 1.86. The van der Waals surface area contributed by atoms with Gasteiger partial charge < -0.3 is 5.32 Å². The van der Waals surface area contributed by atoms with Crippen LogP contribution in [0.25, 0.3) is 0 Å². The van der Waals surface area contributed by atoms with Crippen LogP contribution in [0.5, 0.6) is 0 Å². The lowest BCUT2D eigenvalue weighted by molar-refractivity contribution is 0.0957. The first-order valence-corrected chi connectivity index (χ1v) is 4.56. The highest BCUT2D eigenvalue weighted by molar-refractivity contribution is 5.94. The molecule has 0 atom stereocenters. The SMILES string of the molecule is C=C(C)CNC(=O)c1cccc(C#N)c1. The number of hydrogen-bond acceptors (Lipinski definition) is 2. The van der Waals surface area contributed by atoms with Gasteiger partial charge in [-0.15, -0.1) is 0 Å². The number of nitriles is 1. The number of carbonyl (C=O) groups is 1. The smallest absolute Gasteiger partial charge is 0.251 e. The standard InChI is InChI=1S/C12H12N2O/c1-9(2)8-14-12(15)11-5-3-4-10(6-11)7-13/h3-6H,1,8H2,2H3,(H,14,15). The molecule has 0 heterocycles. The molecule has 3 heteroatoms. The third kappa shape index (κ3) is 3.28. The topological polar surface area (TPSA) is 52.9 Å². The Balaban J connectivity index is 2.74. The normalized spacial score (nSPS) is 9.07. The quantitative estimate of drug-likeness (QED) is 0.757. The van der Waals surface area contributed by atoms with Gasteiger partial charge in [0.15, 0.2) is 0 Å². The molecule has 0 saturated heterocycles. The molecule has 0 fully saturated rings. The molecule has 0 aliphatic carbocycles. The Kier molecular flexibility index (Phi) is 3.64. The summed E-state index contributed by atoms with van der Waals surface area (Å²) in [7, 11) is 0. The van der Waals surface area contributed by atoms with Crippen molar-refractivity contribution < 1.29 is 4.79 Å². The Labute approximate surface area is 89.0 Å². The van der Waals surface area contributed by atoms with Crippen molar-refractivity contribution in [1.29, 1.82) is 5.26 Å². The van der Waals surface area contributed by atoms with Gasteiger partial charge >= 0.3 is 0 Å². The highest BCUT2D eigenvalue weighted by Crippen LogP contribution is 2.03. The summed E-state index contributed by atoms with van der Waals surface area (Å²) in [6.07, 6.45) is 0. The van der Waals surface area contributed by atoms with Gasteiger partial charge in [-0.3, -0.25) is 4.79 Å². The van der Waals surface area contributed by atoms with Crippen LogP contribution >= 0.6 is 0 Å². The fraction of sp³-hybridized carbons (Fsp3) is 0.167. The molecule has 1 aromatic rings. The summed E-state index contributed by atoms with van der Waals surface area (Å²) in [5.74, 6) is -0.185. The second-order valence-corrected chi connectivity index (χ2v) is 3.33. The lowest BCUT2D eigenvalue weighted by Gasteiger charge is -2.04. The first-order chi connectivity index (χ1) is 7.13. The van der Waals surface area contributed by atoms with Crippen LogP contribution in [-0.4, -0.2) is 12.5 Å². The lowest BCUT2D eigenvalue weighted by atomic mass is 10.1. The van der Waals surface area contributed by atoms with Crippen molar-refractivity contribution in [3.05, 3.63) is 47.5 Å². The molecule has 3 nitrogen and oxygen atoms in total. The maximum absolute atomic E-state index is 11.6. The first-order valence-electron chi connectivity index (χ1n) is 4.56. The van der Waals surface area contributed by atoms with Crippen molar-refractivity contribution in [2.45, 2.75) is 6.92 Å². The molecule has 1 amide bonds. The molecule has 0 unspecified atom stereocenters. The highest BCUT2D eigenvalue weighted by Gasteiger charge is 2.04. The van der Waals surface area contributed by atoms with Crippen LogP contribution < -0.4 is 5.32 Å². The van der Waals surface area contributed by atoms with Gasteiger partial charge in [-0.25, -0.2) is 0 Å². The maximum Gasteiger partial charge on any atom is 0.251 e. The second kappa shape index (κ2) is 4.97. The van der Waals surface area contributed by atoms with Crippen molar-refractivity contribution in [1.82, 2.24) is 5.32 Å². The molecule has 15 heavy (non-hydrogen) atoms. The lowest BCUT2D eigenvalue weighted by Crippen LogP contribution is -2.24. The van der Waals surface area contributed by atoms with E-state index in [0.29, 0.717) is 17.7 Å². The van der Waals surface area contributed by atoms with Crippen LogP contribution in [0.2, 0.25) is 0 Å².